The first kappa shape index (κ1) is 24.7. The molecule has 0 unspecified atom stereocenters. The second-order valence-corrected chi connectivity index (χ2v) is 12.2. The summed E-state index contributed by atoms with van der Waals surface area (Å²) in [5.41, 5.74) is 1.05. The highest BCUT2D eigenvalue weighted by molar-refractivity contribution is 7.89. The molecule has 2 heterocycles. The quantitative estimate of drug-likeness (QED) is 0.688. The number of sulfonamides is 1. The van der Waals surface area contributed by atoms with Gasteiger partial charge < -0.3 is 9.80 Å². The van der Waals surface area contributed by atoms with Crippen molar-refractivity contribution in [3.05, 3.63) is 29.8 Å². The topological polar surface area (TPSA) is 78.0 Å². The van der Waals surface area contributed by atoms with Gasteiger partial charge in [0, 0.05) is 45.2 Å². The van der Waals surface area contributed by atoms with Crippen LogP contribution < -0.4 is 0 Å². The highest BCUT2D eigenvalue weighted by atomic mass is 32.2. The van der Waals surface area contributed by atoms with Gasteiger partial charge in [-0.15, -0.1) is 0 Å². The number of carbonyl (C=O) groups is 2. The number of carbonyl (C=O) groups excluding carboxylic acids is 2. The molecular weight excluding hydrogens is 426 g/mol. The van der Waals surface area contributed by atoms with Crippen LogP contribution in [0.3, 0.4) is 0 Å². The van der Waals surface area contributed by atoms with E-state index in [9.17, 15) is 18.0 Å². The van der Waals surface area contributed by atoms with Crippen LogP contribution in [-0.2, 0) is 25.0 Å². The number of nitrogens with zero attached hydrogens (tertiary/aromatic N) is 3. The number of hydrogen-bond donors (Lipinski definition) is 0. The Morgan fingerprint density at radius 1 is 0.938 bits per heavy atom. The maximum atomic E-state index is 13.1. The minimum atomic E-state index is -3.59. The molecule has 178 valence electrons. The van der Waals surface area contributed by atoms with E-state index in [2.05, 4.69) is 20.8 Å². The Bertz CT molecular complexity index is 927. The lowest BCUT2D eigenvalue weighted by molar-refractivity contribution is -0.143. The Morgan fingerprint density at radius 3 is 2.06 bits per heavy atom. The second kappa shape index (κ2) is 9.51. The van der Waals surface area contributed by atoms with Crippen LogP contribution in [0.5, 0.6) is 0 Å². The van der Waals surface area contributed by atoms with Crippen LogP contribution in [0.2, 0.25) is 0 Å². The SMILES string of the molecule is CC(C)C(=O)N1CCC[C@H](C(=O)N2CCN(S(=O)(=O)c3ccc(C(C)(C)C)cc3)CC2)C1. The van der Waals surface area contributed by atoms with Crippen molar-refractivity contribution in [2.24, 2.45) is 11.8 Å². The third-order valence-electron chi connectivity index (χ3n) is 6.48. The Labute approximate surface area is 192 Å². The number of likely N-dealkylation sites (tertiary alicyclic amines) is 1. The van der Waals surface area contributed by atoms with Gasteiger partial charge in [-0.05, 0) is 36.0 Å². The predicted octanol–water partition coefficient (Wildman–Crippen LogP) is 2.71. The zero-order valence-corrected chi connectivity index (χ0v) is 20.8. The van der Waals surface area contributed by atoms with E-state index in [0.717, 1.165) is 18.4 Å². The molecule has 2 amide bonds. The van der Waals surface area contributed by atoms with Crippen LogP contribution in [0.4, 0.5) is 0 Å². The minimum Gasteiger partial charge on any atom is -0.342 e. The summed E-state index contributed by atoms with van der Waals surface area (Å²) < 4.78 is 27.6. The molecule has 1 aromatic carbocycles. The van der Waals surface area contributed by atoms with E-state index in [-0.39, 0.29) is 42.2 Å². The monoisotopic (exact) mass is 463 g/mol. The smallest absolute Gasteiger partial charge is 0.243 e. The summed E-state index contributed by atoms with van der Waals surface area (Å²) in [5, 5.41) is 0. The van der Waals surface area contributed by atoms with Crippen molar-refractivity contribution < 1.29 is 18.0 Å². The highest BCUT2D eigenvalue weighted by Gasteiger charge is 2.35. The van der Waals surface area contributed by atoms with E-state index in [0.29, 0.717) is 31.1 Å². The molecule has 1 aromatic rings. The maximum absolute atomic E-state index is 13.1. The lowest BCUT2D eigenvalue weighted by Gasteiger charge is -2.39. The molecule has 1 atom stereocenters. The van der Waals surface area contributed by atoms with Crippen molar-refractivity contribution in [2.45, 2.75) is 57.8 Å². The second-order valence-electron chi connectivity index (χ2n) is 10.3. The van der Waals surface area contributed by atoms with Crippen LogP contribution in [-0.4, -0.2) is 73.6 Å². The molecule has 0 radical (unpaired) electrons. The molecular formula is C24H37N3O4S. The molecule has 32 heavy (non-hydrogen) atoms. The fourth-order valence-corrected chi connectivity index (χ4v) is 5.85. The number of hydrogen-bond acceptors (Lipinski definition) is 4. The van der Waals surface area contributed by atoms with E-state index in [1.165, 1.54) is 4.31 Å². The molecule has 0 spiro atoms. The van der Waals surface area contributed by atoms with Crippen LogP contribution >= 0.6 is 0 Å². The molecule has 3 rings (SSSR count). The van der Waals surface area contributed by atoms with Crippen molar-refractivity contribution in [2.75, 3.05) is 39.3 Å². The average molecular weight is 464 g/mol. The molecule has 7 nitrogen and oxygen atoms in total. The number of rotatable bonds is 4. The largest absolute Gasteiger partial charge is 0.342 e. The van der Waals surface area contributed by atoms with Crippen molar-refractivity contribution in [1.82, 2.24) is 14.1 Å². The summed E-state index contributed by atoms with van der Waals surface area (Å²) in [7, 11) is -3.59. The summed E-state index contributed by atoms with van der Waals surface area (Å²) in [6.07, 6.45) is 1.60. The molecule has 2 fully saturated rings. The standard InChI is InChI=1S/C24H37N3O4S/c1-18(2)22(28)26-12-6-7-19(17-26)23(29)25-13-15-27(16-14-25)32(30,31)21-10-8-20(9-11-21)24(3,4)5/h8-11,18-19H,6-7,12-17H2,1-5H3/t19-/m0/s1. The highest BCUT2D eigenvalue weighted by Crippen LogP contribution is 2.26. The average Bonchev–Trinajstić information content (AvgIpc) is 2.77. The van der Waals surface area contributed by atoms with Crippen LogP contribution in [0.25, 0.3) is 0 Å². The summed E-state index contributed by atoms with van der Waals surface area (Å²) >= 11 is 0. The maximum Gasteiger partial charge on any atom is 0.243 e. The van der Waals surface area contributed by atoms with Crippen molar-refractivity contribution >= 4 is 21.8 Å². The van der Waals surface area contributed by atoms with Gasteiger partial charge in [0.2, 0.25) is 21.8 Å². The van der Waals surface area contributed by atoms with E-state index >= 15 is 0 Å². The fourth-order valence-electron chi connectivity index (χ4n) is 4.43. The Balaban J connectivity index is 1.60. The lowest BCUT2D eigenvalue weighted by Crippen LogP contribution is -2.54. The van der Waals surface area contributed by atoms with E-state index in [1.807, 2.05) is 26.0 Å². The number of piperazine rings is 1. The van der Waals surface area contributed by atoms with Crippen LogP contribution in [0, 0.1) is 11.8 Å². The summed E-state index contributed by atoms with van der Waals surface area (Å²) in [6.45, 7) is 12.6. The predicted molar refractivity (Wildman–Crippen MR) is 125 cm³/mol. The third kappa shape index (κ3) is 5.34. The Hall–Kier alpha value is -1.93. The first-order chi connectivity index (χ1) is 14.9. The van der Waals surface area contributed by atoms with Crippen LogP contribution in [0.15, 0.2) is 29.2 Å². The molecule has 2 aliphatic rings. The summed E-state index contributed by atoms with van der Waals surface area (Å²) in [4.78, 5) is 29.3. The van der Waals surface area contributed by atoms with E-state index in [1.54, 1.807) is 21.9 Å². The number of piperidine rings is 1. The fraction of sp³-hybridized carbons (Fsp3) is 0.667. The number of amides is 2. The van der Waals surface area contributed by atoms with Crippen molar-refractivity contribution in [3.63, 3.8) is 0 Å². The molecule has 2 aliphatic heterocycles. The van der Waals surface area contributed by atoms with Gasteiger partial charge in [0.1, 0.15) is 0 Å². The van der Waals surface area contributed by atoms with Gasteiger partial charge in [0.05, 0.1) is 10.8 Å². The summed E-state index contributed by atoms with van der Waals surface area (Å²) in [5.74, 6) is -0.136. The van der Waals surface area contributed by atoms with Crippen molar-refractivity contribution in [1.29, 1.82) is 0 Å². The number of benzene rings is 1. The normalized spacial score (nSPS) is 21.1. The first-order valence-electron chi connectivity index (χ1n) is 11.6. The Morgan fingerprint density at radius 2 is 1.53 bits per heavy atom. The zero-order chi connectivity index (χ0) is 23.7. The van der Waals surface area contributed by atoms with E-state index < -0.39 is 10.0 Å². The third-order valence-corrected chi connectivity index (χ3v) is 8.40. The van der Waals surface area contributed by atoms with Crippen LogP contribution in [0.1, 0.15) is 53.0 Å². The van der Waals surface area contributed by atoms with Gasteiger partial charge in [-0.25, -0.2) is 8.42 Å². The lowest BCUT2D eigenvalue weighted by atomic mass is 9.87. The molecule has 0 aliphatic carbocycles. The summed E-state index contributed by atoms with van der Waals surface area (Å²) in [6, 6.07) is 7.10. The van der Waals surface area contributed by atoms with E-state index in [4.69, 9.17) is 0 Å². The van der Waals surface area contributed by atoms with Gasteiger partial charge in [0.15, 0.2) is 0 Å². The van der Waals surface area contributed by atoms with Gasteiger partial charge >= 0.3 is 0 Å². The molecule has 0 bridgehead atoms. The van der Waals surface area contributed by atoms with Gasteiger partial charge in [-0.1, -0.05) is 46.8 Å². The molecule has 8 heteroatoms. The van der Waals surface area contributed by atoms with Gasteiger partial charge in [-0.3, -0.25) is 9.59 Å². The molecule has 0 saturated carbocycles. The molecule has 0 N–H and O–H groups in total. The molecule has 2 saturated heterocycles. The van der Waals surface area contributed by atoms with Gasteiger partial charge in [0.25, 0.3) is 0 Å². The molecule has 0 aromatic heterocycles. The zero-order valence-electron chi connectivity index (χ0n) is 20.0. The minimum absolute atomic E-state index is 0.0389. The van der Waals surface area contributed by atoms with Gasteiger partial charge in [-0.2, -0.15) is 4.31 Å². The first-order valence-corrected chi connectivity index (χ1v) is 13.0. The Kier molecular flexibility index (Phi) is 7.34. The van der Waals surface area contributed by atoms with Crippen molar-refractivity contribution in [3.8, 4) is 0 Å².